The molecular weight excluding hydrogens is 342 g/mol. The Bertz CT molecular complexity index is 990. The lowest BCUT2D eigenvalue weighted by molar-refractivity contribution is -0.113. The van der Waals surface area contributed by atoms with Gasteiger partial charge in [-0.15, -0.1) is 0 Å². The van der Waals surface area contributed by atoms with Crippen LogP contribution in [0.25, 0.3) is 10.6 Å². The number of nitrogens with zero attached hydrogens (tertiary/aromatic N) is 1. The molecule has 4 rings (SSSR count). The van der Waals surface area contributed by atoms with E-state index in [4.69, 9.17) is 11.6 Å². The maximum absolute atomic E-state index is 13.2. The third-order valence-corrected chi connectivity index (χ3v) is 5.04. The molecule has 3 heteroatoms. The van der Waals surface area contributed by atoms with Crippen LogP contribution in [-0.4, -0.2) is 5.91 Å². The fraction of sp³-hybridized carbons (Fsp3) is 0.0870. The van der Waals surface area contributed by atoms with Crippen LogP contribution >= 0.6 is 11.6 Å². The van der Waals surface area contributed by atoms with Crippen molar-refractivity contribution in [3.8, 4) is 0 Å². The Kier molecular flexibility index (Phi) is 4.36. The summed E-state index contributed by atoms with van der Waals surface area (Å²) in [5, 5.41) is 0.498. The van der Waals surface area contributed by atoms with Crippen molar-refractivity contribution in [2.45, 2.75) is 13.5 Å². The molecule has 0 radical (unpaired) electrons. The van der Waals surface area contributed by atoms with Crippen molar-refractivity contribution < 1.29 is 4.79 Å². The van der Waals surface area contributed by atoms with E-state index in [0.717, 1.165) is 27.9 Å². The zero-order valence-electron chi connectivity index (χ0n) is 14.4. The molecule has 0 aromatic heterocycles. The average Bonchev–Trinajstić information content (AvgIpc) is 2.95. The molecule has 1 aliphatic heterocycles. The molecule has 2 nitrogen and oxygen atoms in total. The van der Waals surface area contributed by atoms with Crippen LogP contribution in [0.1, 0.15) is 22.3 Å². The summed E-state index contributed by atoms with van der Waals surface area (Å²) in [6, 6.07) is 25.8. The number of aryl methyl sites for hydroxylation is 1. The number of hydrogen-bond donors (Lipinski definition) is 0. The average molecular weight is 360 g/mol. The molecule has 1 heterocycles. The standard InChI is InChI=1S/C23H18ClNO/c1-16-11-13-18(14-12-16)22(24)21-19-9-5-6-10-20(19)25(23(21)26)15-17-7-3-2-4-8-17/h2-14H,15H2,1H3/b22-21-. The lowest BCUT2D eigenvalue weighted by Gasteiger charge is -2.17. The minimum absolute atomic E-state index is 0.0550. The van der Waals surface area contributed by atoms with Crippen molar-refractivity contribution in [3.63, 3.8) is 0 Å². The second kappa shape index (κ2) is 6.81. The van der Waals surface area contributed by atoms with Crippen LogP contribution < -0.4 is 4.90 Å². The zero-order valence-corrected chi connectivity index (χ0v) is 15.2. The van der Waals surface area contributed by atoms with E-state index < -0.39 is 0 Å². The Morgan fingerprint density at radius 1 is 0.885 bits per heavy atom. The van der Waals surface area contributed by atoms with E-state index in [1.165, 1.54) is 0 Å². The summed E-state index contributed by atoms with van der Waals surface area (Å²) in [5.41, 5.74) is 5.47. The molecule has 0 atom stereocenters. The highest BCUT2D eigenvalue weighted by Crippen LogP contribution is 2.42. The number of anilines is 1. The summed E-state index contributed by atoms with van der Waals surface area (Å²) >= 11 is 6.69. The molecule has 128 valence electrons. The van der Waals surface area contributed by atoms with Gasteiger partial charge in [0, 0.05) is 5.56 Å². The number of amides is 1. The molecule has 3 aromatic carbocycles. The van der Waals surface area contributed by atoms with E-state index in [2.05, 4.69) is 0 Å². The fourth-order valence-corrected chi connectivity index (χ4v) is 3.57. The summed E-state index contributed by atoms with van der Waals surface area (Å²) in [6.45, 7) is 2.56. The van der Waals surface area contributed by atoms with Gasteiger partial charge in [-0.3, -0.25) is 4.79 Å². The number of para-hydroxylation sites is 1. The normalized spacial score (nSPS) is 15.2. The quantitative estimate of drug-likeness (QED) is 0.553. The van der Waals surface area contributed by atoms with Crippen molar-refractivity contribution in [1.29, 1.82) is 0 Å². The van der Waals surface area contributed by atoms with E-state index >= 15 is 0 Å². The number of hydrogen-bond acceptors (Lipinski definition) is 1. The maximum Gasteiger partial charge on any atom is 0.260 e. The molecule has 0 saturated carbocycles. The highest BCUT2D eigenvalue weighted by atomic mass is 35.5. The van der Waals surface area contributed by atoms with Gasteiger partial charge < -0.3 is 4.90 Å². The highest BCUT2D eigenvalue weighted by molar-refractivity contribution is 6.59. The number of rotatable bonds is 3. The second-order valence-corrected chi connectivity index (χ2v) is 6.83. The predicted octanol–water partition coefficient (Wildman–Crippen LogP) is 5.65. The van der Waals surface area contributed by atoms with Gasteiger partial charge in [-0.05, 0) is 24.1 Å². The fourth-order valence-electron chi connectivity index (χ4n) is 3.26. The Hall–Kier alpha value is -2.84. The molecule has 26 heavy (non-hydrogen) atoms. The first-order valence-corrected chi connectivity index (χ1v) is 8.95. The van der Waals surface area contributed by atoms with Crippen molar-refractivity contribution in [1.82, 2.24) is 0 Å². The molecule has 0 fully saturated rings. The monoisotopic (exact) mass is 359 g/mol. The third-order valence-electron chi connectivity index (χ3n) is 4.63. The number of carbonyl (C=O) groups excluding carboxylic acids is 1. The minimum Gasteiger partial charge on any atom is -0.303 e. The first-order valence-electron chi connectivity index (χ1n) is 8.57. The minimum atomic E-state index is -0.0550. The van der Waals surface area contributed by atoms with E-state index in [1.54, 1.807) is 4.90 Å². The Morgan fingerprint density at radius 3 is 2.27 bits per heavy atom. The van der Waals surface area contributed by atoms with Gasteiger partial charge >= 0.3 is 0 Å². The molecule has 1 aliphatic rings. The summed E-state index contributed by atoms with van der Waals surface area (Å²) in [6.07, 6.45) is 0. The van der Waals surface area contributed by atoms with Gasteiger partial charge in [0.2, 0.25) is 0 Å². The number of benzene rings is 3. The van der Waals surface area contributed by atoms with E-state index in [1.807, 2.05) is 85.8 Å². The Morgan fingerprint density at radius 2 is 1.54 bits per heavy atom. The molecule has 0 aliphatic carbocycles. The van der Waals surface area contributed by atoms with Crippen LogP contribution in [0.3, 0.4) is 0 Å². The summed E-state index contributed by atoms with van der Waals surface area (Å²) in [4.78, 5) is 15.0. The van der Waals surface area contributed by atoms with Crippen LogP contribution in [0.2, 0.25) is 0 Å². The first-order chi connectivity index (χ1) is 12.6. The molecule has 0 unspecified atom stereocenters. The second-order valence-electron chi connectivity index (χ2n) is 6.45. The Labute approximate surface area is 158 Å². The zero-order chi connectivity index (χ0) is 18.1. The lowest BCUT2D eigenvalue weighted by Crippen LogP contribution is -2.25. The lowest BCUT2D eigenvalue weighted by atomic mass is 10.0. The molecule has 0 bridgehead atoms. The van der Waals surface area contributed by atoms with Crippen molar-refractivity contribution in [3.05, 3.63) is 101 Å². The van der Waals surface area contributed by atoms with Gasteiger partial charge in [-0.25, -0.2) is 0 Å². The summed E-state index contributed by atoms with van der Waals surface area (Å²) in [5.74, 6) is -0.0550. The topological polar surface area (TPSA) is 20.3 Å². The van der Waals surface area contributed by atoms with Crippen LogP contribution in [0.4, 0.5) is 5.69 Å². The summed E-state index contributed by atoms with van der Waals surface area (Å²) in [7, 11) is 0. The smallest absolute Gasteiger partial charge is 0.260 e. The molecule has 1 amide bonds. The summed E-state index contributed by atoms with van der Waals surface area (Å²) < 4.78 is 0. The molecule has 0 N–H and O–H groups in total. The highest BCUT2D eigenvalue weighted by Gasteiger charge is 2.34. The number of halogens is 1. The third kappa shape index (κ3) is 2.93. The maximum atomic E-state index is 13.2. The van der Waals surface area contributed by atoms with Crippen LogP contribution in [0, 0.1) is 6.92 Å². The van der Waals surface area contributed by atoms with Gasteiger partial charge in [-0.1, -0.05) is 90.0 Å². The van der Waals surface area contributed by atoms with Crippen molar-refractivity contribution >= 4 is 33.8 Å². The van der Waals surface area contributed by atoms with Gasteiger partial charge in [-0.2, -0.15) is 0 Å². The van der Waals surface area contributed by atoms with Crippen LogP contribution in [0.5, 0.6) is 0 Å². The predicted molar refractivity (Wildman–Crippen MR) is 108 cm³/mol. The molecule has 0 spiro atoms. The Balaban J connectivity index is 1.81. The van der Waals surface area contributed by atoms with Crippen molar-refractivity contribution in [2.24, 2.45) is 0 Å². The van der Waals surface area contributed by atoms with Crippen molar-refractivity contribution in [2.75, 3.05) is 4.90 Å². The largest absolute Gasteiger partial charge is 0.303 e. The first kappa shape index (κ1) is 16.6. The van der Waals surface area contributed by atoms with E-state index in [-0.39, 0.29) is 5.91 Å². The number of fused-ring (bicyclic) bond motifs is 1. The van der Waals surface area contributed by atoms with E-state index in [0.29, 0.717) is 17.2 Å². The van der Waals surface area contributed by atoms with Crippen LogP contribution in [0.15, 0.2) is 78.9 Å². The number of carbonyl (C=O) groups is 1. The molecule has 0 saturated heterocycles. The van der Waals surface area contributed by atoms with E-state index in [9.17, 15) is 4.79 Å². The van der Waals surface area contributed by atoms with Crippen LogP contribution in [-0.2, 0) is 11.3 Å². The van der Waals surface area contributed by atoms with Gasteiger partial charge in [0.25, 0.3) is 5.91 Å². The van der Waals surface area contributed by atoms with Gasteiger partial charge in [0.15, 0.2) is 0 Å². The molecule has 3 aromatic rings. The molecular formula is C23H18ClNO. The van der Waals surface area contributed by atoms with Gasteiger partial charge in [0.05, 0.1) is 22.8 Å². The SMILES string of the molecule is Cc1ccc(/C(Cl)=C2/C(=O)N(Cc3ccccc3)c3ccccc32)cc1. The van der Waals surface area contributed by atoms with Gasteiger partial charge in [0.1, 0.15) is 0 Å².